The van der Waals surface area contributed by atoms with Gasteiger partial charge in [0, 0.05) is 12.7 Å². The molecule has 3 heteroatoms. The van der Waals surface area contributed by atoms with Crippen LogP contribution < -0.4 is 10.1 Å². The lowest BCUT2D eigenvalue weighted by molar-refractivity contribution is -0.0285. The smallest absolute Gasteiger partial charge is 0.123 e. The van der Waals surface area contributed by atoms with Crippen molar-refractivity contribution in [3.8, 4) is 5.75 Å². The average molecular weight is 237 g/mol. The first-order chi connectivity index (χ1) is 8.12. The number of para-hydroxylation sites is 1. The van der Waals surface area contributed by atoms with E-state index in [2.05, 4.69) is 25.2 Å². The number of benzene rings is 1. The molecule has 2 unspecified atom stereocenters. The molecule has 0 saturated carbocycles. The summed E-state index contributed by atoms with van der Waals surface area (Å²) in [6.45, 7) is 4.24. The van der Waals surface area contributed by atoms with Crippen LogP contribution in [0.25, 0.3) is 0 Å². The van der Waals surface area contributed by atoms with E-state index in [1.54, 1.807) is 14.2 Å². The predicted molar refractivity (Wildman–Crippen MR) is 70.5 cm³/mol. The van der Waals surface area contributed by atoms with Crippen molar-refractivity contribution in [2.75, 3.05) is 21.3 Å². The Kier molecular flexibility index (Phi) is 4.97. The lowest BCUT2D eigenvalue weighted by Gasteiger charge is -2.36. The zero-order valence-corrected chi connectivity index (χ0v) is 11.4. The quantitative estimate of drug-likeness (QED) is 0.825. The van der Waals surface area contributed by atoms with Gasteiger partial charge >= 0.3 is 0 Å². The highest BCUT2D eigenvalue weighted by Gasteiger charge is 2.34. The van der Waals surface area contributed by atoms with E-state index >= 15 is 0 Å². The van der Waals surface area contributed by atoms with Gasteiger partial charge in [0.2, 0.25) is 0 Å². The van der Waals surface area contributed by atoms with Crippen molar-refractivity contribution in [1.82, 2.24) is 5.32 Å². The second-order valence-electron chi connectivity index (χ2n) is 4.33. The molecule has 3 nitrogen and oxygen atoms in total. The zero-order valence-electron chi connectivity index (χ0n) is 11.4. The number of likely N-dealkylation sites (N-methyl/N-ethyl adjacent to an activating group) is 1. The molecule has 0 aromatic heterocycles. The van der Waals surface area contributed by atoms with Gasteiger partial charge in [-0.3, -0.25) is 0 Å². The molecule has 0 heterocycles. The van der Waals surface area contributed by atoms with Crippen LogP contribution in [0.1, 0.15) is 31.9 Å². The summed E-state index contributed by atoms with van der Waals surface area (Å²) in [5.41, 5.74) is 0.882. The molecule has 0 radical (unpaired) electrons. The van der Waals surface area contributed by atoms with E-state index in [4.69, 9.17) is 9.47 Å². The Labute approximate surface area is 104 Å². The fourth-order valence-corrected chi connectivity index (χ4v) is 2.16. The number of nitrogens with one attached hydrogen (secondary N) is 1. The molecule has 2 atom stereocenters. The summed E-state index contributed by atoms with van der Waals surface area (Å²) in [7, 11) is 5.40. The van der Waals surface area contributed by atoms with Crippen molar-refractivity contribution in [2.24, 2.45) is 0 Å². The molecule has 0 aliphatic rings. The maximum Gasteiger partial charge on any atom is 0.123 e. The summed E-state index contributed by atoms with van der Waals surface area (Å²) in [5, 5.41) is 3.33. The van der Waals surface area contributed by atoms with Crippen LogP contribution in [0.5, 0.6) is 5.75 Å². The summed E-state index contributed by atoms with van der Waals surface area (Å²) in [5.74, 6) is 0.892. The van der Waals surface area contributed by atoms with Gasteiger partial charge < -0.3 is 14.8 Å². The Hall–Kier alpha value is -1.06. The third-order valence-corrected chi connectivity index (χ3v) is 3.52. The number of ether oxygens (including phenoxy) is 2. The minimum absolute atomic E-state index is 0.105. The average Bonchev–Trinajstić information content (AvgIpc) is 2.39. The van der Waals surface area contributed by atoms with Gasteiger partial charge in [-0.2, -0.15) is 0 Å². The number of hydrogen-bond acceptors (Lipinski definition) is 3. The standard InChI is InChI=1S/C14H23NO2/c1-6-14(2,17-5)13(15-3)11-9-7-8-10-12(11)16-4/h7-10,13,15H,6H2,1-5H3. The van der Waals surface area contributed by atoms with Crippen LogP contribution in [0.2, 0.25) is 0 Å². The van der Waals surface area contributed by atoms with Crippen molar-refractivity contribution in [1.29, 1.82) is 0 Å². The van der Waals surface area contributed by atoms with E-state index in [-0.39, 0.29) is 11.6 Å². The summed E-state index contributed by atoms with van der Waals surface area (Å²) in [4.78, 5) is 0. The Bertz CT molecular complexity index is 348. The second-order valence-corrected chi connectivity index (χ2v) is 4.33. The Balaban J connectivity index is 3.17. The third kappa shape index (κ3) is 2.79. The van der Waals surface area contributed by atoms with Gasteiger partial charge in [-0.1, -0.05) is 25.1 Å². The topological polar surface area (TPSA) is 30.5 Å². The molecule has 0 bridgehead atoms. The van der Waals surface area contributed by atoms with Crippen molar-refractivity contribution in [3.05, 3.63) is 29.8 Å². The van der Waals surface area contributed by atoms with E-state index in [1.807, 2.05) is 25.2 Å². The van der Waals surface area contributed by atoms with Gasteiger partial charge in [0.25, 0.3) is 0 Å². The number of hydrogen-bond donors (Lipinski definition) is 1. The molecular formula is C14H23NO2. The molecule has 0 aliphatic carbocycles. The Morgan fingerprint density at radius 3 is 2.41 bits per heavy atom. The molecule has 96 valence electrons. The first-order valence-corrected chi connectivity index (χ1v) is 5.98. The van der Waals surface area contributed by atoms with Crippen LogP contribution in [-0.4, -0.2) is 26.9 Å². The molecule has 1 rings (SSSR count). The Morgan fingerprint density at radius 2 is 1.94 bits per heavy atom. The second kappa shape index (κ2) is 6.03. The van der Waals surface area contributed by atoms with Crippen LogP contribution in [0.15, 0.2) is 24.3 Å². The van der Waals surface area contributed by atoms with Gasteiger partial charge in [-0.25, -0.2) is 0 Å². The van der Waals surface area contributed by atoms with Crippen LogP contribution in [0.4, 0.5) is 0 Å². The van der Waals surface area contributed by atoms with E-state index in [1.165, 1.54) is 0 Å². The normalized spacial score (nSPS) is 16.3. The van der Waals surface area contributed by atoms with Gasteiger partial charge in [0.15, 0.2) is 0 Å². The SMILES string of the molecule is CCC(C)(OC)C(NC)c1ccccc1OC. The van der Waals surface area contributed by atoms with Crippen molar-refractivity contribution in [3.63, 3.8) is 0 Å². The maximum absolute atomic E-state index is 5.68. The molecule has 17 heavy (non-hydrogen) atoms. The lowest BCUT2D eigenvalue weighted by atomic mass is 9.87. The molecular weight excluding hydrogens is 214 g/mol. The largest absolute Gasteiger partial charge is 0.496 e. The molecule has 1 N–H and O–H groups in total. The van der Waals surface area contributed by atoms with E-state index < -0.39 is 0 Å². The van der Waals surface area contributed by atoms with Gasteiger partial charge in [-0.15, -0.1) is 0 Å². The first kappa shape index (κ1) is 14.0. The predicted octanol–water partition coefficient (Wildman–Crippen LogP) is 2.77. The van der Waals surface area contributed by atoms with E-state index in [0.29, 0.717) is 0 Å². The Morgan fingerprint density at radius 1 is 1.29 bits per heavy atom. The lowest BCUT2D eigenvalue weighted by Crippen LogP contribution is -2.41. The van der Waals surface area contributed by atoms with Gasteiger partial charge in [-0.05, 0) is 26.5 Å². The highest BCUT2D eigenvalue weighted by atomic mass is 16.5. The summed E-state index contributed by atoms with van der Waals surface area (Å²) in [6, 6.07) is 8.16. The molecule has 0 saturated heterocycles. The highest BCUT2D eigenvalue weighted by molar-refractivity contribution is 5.37. The number of methoxy groups -OCH3 is 2. The third-order valence-electron chi connectivity index (χ3n) is 3.52. The minimum atomic E-state index is -0.247. The molecule has 0 spiro atoms. The van der Waals surface area contributed by atoms with Crippen LogP contribution in [0, 0.1) is 0 Å². The van der Waals surface area contributed by atoms with Crippen LogP contribution in [-0.2, 0) is 4.74 Å². The van der Waals surface area contributed by atoms with Crippen LogP contribution >= 0.6 is 0 Å². The van der Waals surface area contributed by atoms with Crippen LogP contribution in [0.3, 0.4) is 0 Å². The minimum Gasteiger partial charge on any atom is -0.496 e. The van der Waals surface area contributed by atoms with Crippen molar-refractivity contribution >= 4 is 0 Å². The fourth-order valence-electron chi connectivity index (χ4n) is 2.16. The summed E-state index contributed by atoms with van der Waals surface area (Å²) < 4.78 is 11.1. The van der Waals surface area contributed by atoms with Crippen molar-refractivity contribution < 1.29 is 9.47 Å². The van der Waals surface area contributed by atoms with E-state index in [9.17, 15) is 0 Å². The maximum atomic E-state index is 5.68. The zero-order chi connectivity index (χ0) is 12.9. The first-order valence-electron chi connectivity index (χ1n) is 5.98. The fraction of sp³-hybridized carbons (Fsp3) is 0.571. The van der Waals surface area contributed by atoms with Gasteiger partial charge in [0.05, 0.1) is 18.8 Å². The summed E-state index contributed by atoms with van der Waals surface area (Å²) >= 11 is 0. The summed E-state index contributed by atoms with van der Waals surface area (Å²) in [6.07, 6.45) is 0.924. The van der Waals surface area contributed by atoms with E-state index in [0.717, 1.165) is 17.7 Å². The molecule has 0 aliphatic heterocycles. The van der Waals surface area contributed by atoms with Gasteiger partial charge in [0.1, 0.15) is 5.75 Å². The molecule has 1 aromatic rings. The molecule has 1 aromatic carbocycles. The molecule has 0 fully saturated rings. The monoisotopic (exact) mass is 237 g/mol. The molecule has 0 amide bonds. The highest BCUT2D eigenvalue weighted by Crippen LogP contribution is 2.35. The van der Waals surface area contributed by atoms with Crippen molar-refractivity contribution in [2.45, 2.75) is 31.9 Å². The number of rotatable bonds is 6.